The number of hydrogen-bond donors (Lipinski definition) is 0. The van der Waals surface area contributed by atoms with Gasteiger partial charge in [-0.3, -0.25) is 0 Å². The first-order valence-corrected chi connectivity index (χ1v) is 6.68. The Hall–Kier alpha value is 0.325. The third kappa shape index (κ3) is 3.33. The van der Waals surface area contributed by atoms with Gasteiger partial charge in [0.05, 0.1) is 0 Å². The van der Waals surface area contributed by atoms with E-state index in [1.807, 2.05) is 0 Å². The summed E-state index contributed by atoms with van der Waals surface area (Å²) in [7, 11) is 4.23. The van der Waals surface area contributed by atoms with Crippen LogP contribution in [0.4, 0.5) is 5.69 Å². The van der Waals surface area contributed by atoms with Crippen LogP contribution in [-0.4, -0.2) is 36.7 Å². The number of nitrogens with zero attached hydrogens (tertiary/aromatic N) is 3. The average Bonchev–Trinajstić information content (AvgIpc) is 2.80. The second-order valence-corrected chi connectivity index (χ2v) is 5.29. The number of rotatable bonds is 3. The Balaban J connectivity index is 0.00000133. The van der Waals surface area contributed by atoms with Gasteiger partial charge in [0.1, 0.15) is 0 Å². The fourth-order valence-corrected chi connectivity index (χ4v) is 2.69. The molecule has 0 bridgehead atoms. The topological polar surface area (TPSA) is 22.3 Å². The van der Waals surface area contributed by atoms with Gasteiger partial charge in [0.2, 0.25) is 0 Å². The molecular formula is C15H20N3Rb. The molecule has 0 fully saturated rings. The van der Waals surface area contributed by atoms with Gasteiger partial charge in [-0.1, -0.05) is 18.1 Å². The van der Waals surface area contributed by atoms with E-state index in [0.29, 0.717) is 0 Å². The van der Waals surface area contributed by atoms with Gasteiger partial charge in [-0.15, -0.1) is 12.2 Å². The first-order chi connectivity index (χ1) is 8.75. The maximum absolute atomic E-state index is 4.61. The second-order valence-electron chi connectivity index (χ2n) is 5.29. The largest absolute Gasteiger partial charge is 1.00 e. The molecule has 4 heteroatoms. The van der Waals surface area contributed by atoms with Gasteiger partial charge in [-0.05, 0) is 32.6 Å². The summed E-state index contributed by atoms with van der Waals surface area (Å²) in [6.07, 6.45) is 4.58. The number of aryl methyl sites for hydroxylation is 1. The van der Waals surface area contributed by atoms with Crippen LogP contribution >= 0.6 is 0 Å². The summed E-state index contributed by atoms with van der Waals surface area (Å²) in [5.74, 6) is 0. The van der Waals surface area contributed by atoms with Crippen molar-refractivity contribution in [1.82, 2.24) is 9.47 Å². The number of likely N-dealkylation sites (N-methyl/N-ethyl adjacent to an activating group) is 1. The molecule has 1 aromatic heterocycles. The molecule has 0 amide bonds. The molecule has 0 unspecified atom stereocenters. The van der Waals surface area contributed by atoms with E-state index >= 15 is 0 Å². The molecule has 1 aromatic carbocycles. The minimum absolute atomic E-state index is 0. The molecule has 0 aliphatic carbocycles. The standard InChI is InChI=1S/C15H20N3.Rb/c1-17(2)10-11-18-9-7-13-12-4-3-8-16-14(12)5-6-15(13)18;/h5-7,9H,3-4,8,10-11H2,1-2H3;/q-1;+1. The summed E-state index contributed by atoms with van der Waals surface area (Å²) in [5.41, 5.74) is 4.01. The first-order valence-electron chi connectivity index (χ1n) is 6.68. The third-order valence-corrected chi connectivity index (χ3v) is 3.70. The summed E-state index contributed by atoms with van der Waals surface area (Å²) in [6, 6.07) is 6.66. The molecule has 1 aliphatic rings. The van der Waals surface area contributed by atoms with Crippen molar-refractivity contribution < 1.29 is 58.2 Å². The molecule has 3 rings (SSSR count). The van der Waals surface area contributed by atoms with Gasteiger partial charge in [-0.2, -0.15) is 0 Å². The molecule has 3 nitrogen and oxygen atoms in total. The van der Waals surface area contributed by atoms with Crippen molar-refractivity contribution in [2.45, 2.75) is 19.4 Å². The molecular weight excluding hydrogens is 308 g/mol. The van der Waals surface area contributed by atoms with Crippen molar-refractivity contribution in [2.24, 2.45) is 0 Å². The van der Waals surface area contributed by atoms with Crippen LogP contribution in [0.2, 0.25) is 0 Å². The monoisotopic (exact) mass is 327 g/mol. The van der Waals surface area contributed by atoms with Crippen molar-refractivity contribution in [2.75, 3.05) is 27.2 Å². The molecule has 0 N–H and O–H groups in total. The molecule has 96 valence electrons. The average molecular weight is 328 g/mol. The Morgan fingerprint density at radius 2 is 2.11 bits per heavy atom. The molecule has 0 saturated carbocycles. The van der Waals surface area contributed by atoms with Crippen LogP contribution < -0.4 is 58.2 Å². The van der Waals surface area contributed by atoms with Crippen LogP contribution in [-0.2, 0) is 13.0 Å². The quantitative estimate of drug-likeness (QED) is 0.787. The molecule has 1 aliphatic heterocycles. The zero-order valence-electron chi connectivity index (χ0n) is 12.2. The Labute approximate surface area is 164 Å². The van der Waals surface area contributed by atoms with Crippen LogP contribution in [0.15, 0.2) is 24.4 Å². The minimum Gasteiger partial charge on any atom is -0.684 e. The van der Waals surface area contributed by atoms with E-state index in [2.05, 4.69) is 53.3 Å². The molecule has 2 heterocycles. The number of fused-ring (bicyclic) bond motifs is 3. The predicted octanol–water partition coefficient (Wildman–Crippen LogP) is 0.158. The van der Waals surface area contributed by atoms with Crippen molar-refractivity contribution >= 4 is 16.6 Å². The van der Waals surface area contributed by atoms with E-state index in [1.54, 1.807) is 0 Å². The number of benzene rings is 1. The maximum Gasteiger partial charge on any atom is 1.00 e. The first kappa shape index (κ1) is 15.7. The van der Waals surface area contributed by atoms with E-state index in [0.717, 1.165) is 19.6 Å². The summed E-state index contributed by atoms with van der Waals surface area (Å²) in [6.45, 7) is 3.11. The summed E-state index contributed by atoms with van der Waals surface area (Å²) in [4.78, 5) is 2.22. The molecule has 0 radical (unpaired) electrons. The van der Waals surface area contributed by atoms with Crippen molar-refractivity contribution in [3.63, 3.8) is 0 Å². The predicted molar refractivity (Wildman–Crippen MR) is 76.7 cm³/mol. The molecule has 0 atom stereocenters. The molecule has 2 aromatic rings. The van der Waals surface area contributed by atoms with Gasteiger partial charge in [0.25, 0.3) is 0 Å². The van der Waals surface area contributed by atoms with E-state index in [-0.39, 0.29) is 58.2 Å². The van der Waals surface area contributed by atoms with E-state index in [9.17, 15) is 0 Å². The zero-order chi connectivity index (χ0) is 12.5. The fourth-order valence-electron chi connectivity index (χ4n) is 2.69. The SMILES string of the molecule is CN(C)CCn1ccc2c3c(ccc21)[N-]CCC3.[Rb+]. The second kappa shape index (κ2) is 6.86. The van der Waals surface area contributed by atoms with Gasteiger partial charge >= 0.3 is 58.2 Å². The summed E-state index contributed by atoms with van der Waals surface area (Å²) < 4.78 is 2.35. The Morgan fingerprint density at radius 3 is 2.89 bits per heavy atom. The normalized spacial score (nSPS) is 14.1. The van der Waals surface area contributed by atoms with Crippen molar-refractivity contribution in [3.05, 3.63) is 35.3 Å². The fraction of sp³-hybridized carbons (Fsp3) is 0.467. The van der Waals surface area contributed by atoms with Crippen LogP contribution in [0.25, 0.3) is 16.2 Å². The summed E-state index contributed by atoms with van der Waals surface area (Å²) in [5, 5.41) is 6.01. The summed E-state index contributed by atoms with van der Waals surface area (Å²) >= 11 is 0. The van der Waals surface area contributed by atoms with Crippen molar-refractivity contribution in [1.29, 1.82) is 0 Å². The van der Waals surface area contributed by atoms with E-state index in [1.165, 1.54) is 35.0 Å². The third-order valence-electron chi connectivity index (χ3n) is 3.70. The molecule has 19 heavy (non-hydrogen) atoms. The Morgan fingerprint density at radius 1 is 1.26 bits per heavy atom. The van der Waals surface area contributed by atoms with Crippen molar-refractivity contribution in [3.8, 4) is 0 Å². The van der Waals surface area contributed by atoms with E-state index < -0.39 is 0 Å². The Kier molecular flexibility index (Phi) is 5.67. The Bertz CT molecular complexity index is 560. The van der Waals surface area contributed by atoms with Crippen LogP contribution in [0, 0.1) is 0 Å². The van der Waals surface area contributed by atoms with Gasteiger partial charge < -0.3 is 14.8 Å². The molecule has 0 spiro atoms. The zero-order valence-corrected chi connectivity index (χ0v) is 17.1. The van der Waals surface area contributed by atoms with Gasteiger partial charge in [-0.25, -0.2) is 0 Å². The van der Waals surface area contributed by atoms with E-state index in [4.69, 9.17) is 0 Å². The van der Waals surface area contributed by atoms with Crippen LogP contribution in [0.1, 0.15) is 12.0 Å². The van der Waals surface area contributed by atoms with Crippen LogP contribution in [0.3, 0.4) is 0 Å². The molecule has 0 saturated heterocycles. The maximum atomic E-state index is 4.61. The minimum atomic E-state index is 0. The number of aromatic nitrogens is 1. The smallest absolute Gasteiger partial charge is 0.684 e. The van der Waals surface area contributed by atoms with Gasteiger partial charge in [0.15, 0.2) is 0 Å². The van der Waals surface area contributed by atoms with Gasteiger partial charge in [0, 0.05) is 30.2 Å². The van der Waals surface area contributed by atoms with Crippen LogP contribution in [0.5, 0.6) is 0 Å². The number of hydrogen-bond acceptors (Lipinski definition) is 1.